The van der Waals surface area contributed by atoms with Crippen LogP contribution < -0.4 is 5.32 Å². The number of nitrogens with one attached hydrogen (secondary N) is 1. The van der Waals surface area contributed by atoms with Crippen LogP contribution in [-0.2, 0) is 13.1 Å². The van der Waals surface area contributed by atoms with Crippen LogP contribution in [0.4, 0.5) is 0 Å². The lowest BCUT2D eigenvalue weighted by molar-refractivity contribution is 0.256. The summed E-state index contributed by atoms with van der Waals surface area (Å²) in [7, 11) is 2.21. The standard InChI is InChI=1S/C14H26N4/c1-4-18-10-13(12(2)16-18)9-17(3)11-14-7-5-6-8-15-14/h10,14-15H,4-9,11H2,1-3H3/t14-/m1/s1. The van der Waals surface area contributed by atoms with Gasteiger partial charge in [-0.25, -0.2) is 0 Å². The number of hydrogen-bond acceptors (Lipinski definition) is 3. The van der Waals surface area contributed by atoms with Gasteiger partial charge in [-0.3, -0.25) is 4.68 Å². The molecule has 0 unspecified atom stereocenters. The summed E-state index contributed by atoms with van der Waals surface area (Å²) < 4.78 is 2.03. The second kappa shape index (κ2) is 6.34. The third kappa shape index (κ3) is 3.56. The molecule has 4 nitrogen and oxygen atoms in total. The quantitative estimate of drug-likeness (QED) is 0.865. The van der Waals surface area contributed by atoms with Crippen molar-refractivity contribution in [2.75, 3.05) is 20.1 Å². The number of nitrogens with zero attached hydrogens (tertiary/aromatic N) is 3. The summed E-state index contributed by atoms with van der Waals surface area (Å²) in [6.45, 7) is 8.51. The molecule has 0 aromatic carbocycles. The van der Waals surface area contributed by atoms with Crippen molar-refractivity contribution in [2.45, 2.75) is 52.2 Å². The number of likely N-dealkylation sites (N-methyl/N-ethyl adjacent to an activating group) is 1. The van der Waals surface area contributed by atoms with Crippen molar-refractivity contribution in [3.05, 3.63) is 17.5 Å². The topological polar surface area (TPSA) is 33.1 Å². The Balaban J connectivity index is 1.85. The largest absolute Gasteiger partial charge is 0.313 e. The lowest BCUT2D eigenvalue weighted by Crippen LogP contribution is -2.42. The average Bonchev–Trinajstić information content (AvgIpc) is 2.71. The molecule has 0 radical (unpaired) electrons. The molecular formula is C14H26N4. The molecule has 0 bridgehead atoms. The van der Waals surface area contributed by atoms with Crippen molar-refractivity contribution in [3.63, 3.8) is 0 Å². The van der Waals surface area contributed by atoms with E-state index in [1.165, 1.54) is 37.1 Å². The van der Waals surface area contributed by atoms with E-state index in [-0.39, 0.29) is 0 Å². The molecule has 1 aromatic heterocycles. The predicted octanol–water partition coefficient (Wildman–Crippen LogP) is 1.79. The summed E-state index contributed by atoms with van der Waals surface area (Å²) in [5.41, 5.74) is 2.52. The van der Waals surface area contributed by atoms with Crippen LogP contribution in [0.2, 0.25) is 0 Å². The molecule has 1 atom stereocenters. The molecule has 4 heteroatoms. The zero-order valence-corrected chi connectivity index (χ0v) is 11.9. The molecule has 1 N–H and O–H groups in total. The first kappa shape index (κ1) is 13.6. The summed E-state index contributed by atoms with van der Waals surface area (Å²) in [4.78, 5) is 2.41. The van der Waals surface area contributed by atoms with Crippen molar-refractivity contribution in [3.8, 4) is 0 Å². The van der Waals surface area contributed by atoms with Crippen LogP contribution in [0.3, 0.4) is 0 Å². The van der Waals surface area contributed by atoms with E-state index < -0.39 is 0 Å². The first-order chi connectivity index (χ1) is 8.69. The van der Waals surface area contributed by atoms with Gasteiger partial charge in [0, 0.05) is 37.4 Å². The maximum absolute atomic E-state index is 4.50. The Bertz CT molecular complexity index is 366. The van der Waals surface area contributed by atoms with Crippen molar-refractivity contribution < 1.29 is 0 Å². The molecule has 0 amide bonds. The Morgan fingerprint density at radius 3 is 2.94 bits per heavy atom. The Kier molecular flexibility index (Phi) is 4.78. The van der Waals surface area contributed by atoms with Crippen LogP contribution in [0, 0.1) is 6.92 Å². The van der Waals surface area contributed by atoms with E-state index in [1.54, 1.807) is 0 Å². The van der Waals surface area contributed by atoms with Crippen LogP contribution in [0.5, 0.6) is 0 Å². The van der Waals surface area contributed by atoms with Crippen molar-refractivity contribution in [1.82, 2.24) is 20.0 Å². The minimum atomic E-state index is 0.672. The second-order valence-corrected chi connectivity index (χ2v) is 5.44. The summed E-state index contributed by atoms with van der Waals surface area (Å²) in [6, 6.07) is 0.672. The Hall–Kier alpha value is -0.870. The van der Waals surface area contributed by atoms with Crippen LogP contribution in [0.15, 0.2) is 6.20 Å². The first-order valence-corrected chi connectivity index (χ1v) is 7.14. The molecule has 1 aliphatic rings. The average molecular weight is 250 g/mol. The lowest BCUT2D eigenvalue weighted by atomic mass is 10.0. The number of aromatic nitrogens is 2. The molecule has 0 spiro atoms. The molecule has 0 saturated carbocycles. The smallest absolute Gasteiger partial charge is 0.0638 e. The van der Waals surface area contributed by atoms with E-state index in [2.05, 4.69) is 42.4 Å². The van der Waals surface area contributed by atoms with Gasteiger partial charge in [-0.15, -0.1) is 0 Å². The van der Waals surface area contributed by atoms with Gasteiger partial charge in [0.05, 0.1) is 5.69 Å². The number of rotatable bonds is 5. The highest BCUT2D eigenvalue weighted by Crippen LogP contribution is 2.12. The Morgan fingerprint density at radius 1 is 1.50 bits per heavy atom. The summed E-state index contributed by atoms with van der Waals surface area (Å²) in [5, 5.41) is 8.11. The van der Waals surface area contributed by atoms with Crippen molar-refractivity contribution >= 4 is 0 Å². The molecule has 1 fully saturated rings. The highest BCUT2D eigenvalue weighted by atomic mass is 15.3. The van der Waals surface area contributed by atoms with E-state index in [4.69, 9.17) is 0 Å². The number of piperidine rings is 1. The Morgan fingerprint density at radius 2 is 2.33 bits per heavy atom. The molecule has 1 saturated heterocycles. The highest BCUT2D eigenvalue weighted by molar-refractivity contribution is 5.15. The van der Waals surface area contributed by atoms with Crippen molar-refractivity contribution in [2.24, 2.45) is 0 Å². The van der Waals surface area contributed by atoms with Gasteiger partial charge < -0.3 is 10.2 Å². The molecule has 1 aromatic rings. The molecule has 0 aliphatic carbocycles. The SMILES string of the molecule is CCn1cc(CN(C)C[C@H]2CCCCN2)c(C)n1. The second-order valence-electron chi connectivity index (χ2n) is 5.44. The van der Waals surface area contributed by atoms with Crippen molar-refractivity contribution in [1.29, 1.82) is 0 Å². The molecule has 2 rings (SSSR count). The predicted molar refractivity (Wildman–Crippen MR) is 74.6 cm³/mol. The molecule has 18 heavy (non-hydrogen) atoms. The van der Waals surface area contributed by atoms with Crippen LogP contribution >= 0.6 is 0 Å². The number of hydrogen-bond donors (Lipinski definition) is 1. The molecule has 1 aliphatic heterocycles. The normalized spacial score (nSPS) is 20.6. The van der Waals surface area contributed by atoms with Gasteiger partial charge >= 0.3 is 0 Å². The van der Waals surface area contributed by atoms with E-state index in [0.29, 0.717) is 6.04 Å². The fraction of sp³-hybridized carbons (Fsp3) is 0.786. The van der Waals surface area contributed by atoms with Gasteiger partial charge in [0.1, 0.15) is 0 Å². The van der Waals surface area contributed by atoms with Crippen LogP contribution in [-0.4, -0.2) is 40.9 Å². The summed E-state index contributed by atoms with van der Waals surface area (Å²) in [6.07, 6.45) is 6.21. The van der Waals surface area contributed by atoms with Gasteiger partial charge in [0.15, 0.2) is 0 Å². The summed E-state index contributed by atoms with van der Waals surface area (Å²) >= 11 is 0. The maximum Gasteiger partial charge on any atom is 0.0638 e. The third-order valence-electron chi connectivity index (χ3n) is 3.76. The highest BCUT2D eigenvalue weighted by Gasteiger charge is 2.15. The zero-order chi connectivity index (χ0) is 13.0. The molecule has 2 heterocycles. The molecular weight excluding hydrogens is 224 g/mol. The van der Waals surface area contributed by atoms with Gasteiger partial charge in [-0.2, -0.15) is 5.10 Å². The van der Waals surface area contributed by atoms with E-state index >= 15 is 0 Å². The van der Waals surface area contributed by atoms with E-state index in [0.717, 1.165) is 19.6 Å². The molecule has 102 valence electrons. The lowest BCUT2D eigenvalue weighted by Gasteiger charge is -2.28. The third-order valence-corrected chi connectivity index (χ3v) is 3.76. The fourth-order valence-corrected chi connectivity index (χ4v) is 2.69. The van der Waals surface area contributed by atoms with Crippen LogP contribution in [0.25, 0.3) is 0 Å². The maximum atomic E-state index is 4.50. The summed E-state index contributed by atoms with van der Waals surface area (Å²) in [5.74, 6) is 0. The van der Waals surface area contributed by atoms with E-state index in [9.17, 15) is 0 Å². The van der Waals surface area contributed by atoms with Gasteiger partial charge in [-0.1, -0.05) is 6.42 Å². The fourth-order valence-electron chi connectivity index (χ4n) is 2.69. The first-order valence-electron chi connectivity index (χ1n) is 7.14. The monoisotopic (exact) mass is 250 g/mol. The van der Waals surface area contributed by atoms with Gasteiger partial charge in [0.2, 0.25) is 0 Å². The van der Waals surface area contributed by atoms with Gasteiger partial charge in [-0.05, 0) is 40.3 Å². The Labute approximate surface area is 110 Å². The van der Waals surface area contributed by atoms with E-state index in [1.807, 2.05) is 4.68 Å². The number of aryl methyl sites for hydroxylation is 2. The van der Waals surface area contributed by atoms with Gasteiger partial charge in [0.25, 0.3) is 0 Å². The van der Waals surface area contributed by atoms with Crippen LogP contribution in [0.1, 0.15) is 37.4 Å². The minimum Gasteiger partial charge on any atom is -0.313 e. The zero-order valence-electron chi connectivity index (χ0n) is 11.9. The minimum absolute atomic E-state index is 0.672.